The zero-order valence-corrected chi connectivity index (χ0v) is 18.4. The smallest absolute Gasteiger partial charge is 0.338 e. The number of carbonyl (C=O) groups excluding carboxylic acids is 1. The number of esters is 1. The number of carbonyl (C=O) groups is 1. The second-order valence-corrected chi connectivity index (χ2v) is 7.33. The van der Waals surface area contributed by atoms with E-state index in [1.165, 1.54) is 18.1 Å². The predicted octanol–water partition coefficient (Wildman–Crippen LogP) is 6.14. The second kappa shape index (κ2) is 9.61. The van der Waals surface area contributed by atoms with Crippen molar-refractivity contribution in [2.24, 2.45) is 0 Å². The van der Waals surface area contributed by atoms with Crippen LogP contribution in [0.5, 0.6) is 0 Å². The van der Waals surface area contributed by atoms with Crippen LogP contribution in [0.4, 0.5) is 0 Å². The molecule has 4 nitrogen and oxygen atoms in total. The quantitative estimate of drug-likeness (QED) is 0.351. The van der Waals surface area contributed by atoms with Crippen molar-refractivity contribution in [1.82, 2.24) is 9.97 Å². The monoisotopic (exact) mass is 450 g/mol. The summed E-state index contributed by atoms with van der Waals surface area (Å²) in [6.07, 6.45) is 5.41. The lowest BCUT2D eigenvalue weighted by molar-refractivity contribution is 0.0603. The van der Waals surface area contributed by atoms with Crippen LogP contribution in [0.1, 0.15) is 35.3 Å². The molecule has 4 aromatic rings. The molecule has 148 valence electrons. The summed E-state index contributed by atoms with van der Waals surface area (Å²) in [6, 6.07) is 15.8. The summed E-state index contributed by atoms with van der Waals surface area (Å²) in [7, 11) is 1.39. The molecule has 0 N–H and O–H groups in total. The summed E-state index contributed by atoms with van der Waals surface area (Å²) in [5, 5.41) is 2.05. The predicted molar refractivity (Wildman–Crippen MR) is 121 cm³/mol. The van der Waals surface area contributed by atoms with Crippen molar-refractivity contribution >= 4 is 43.7 Å². The highest BCUT2D eigenvalue weighted by molar-refractivity contribution is 9.10. The molecule has 5 heteroatoms. The number of benzene rings is 2. The molecule has 0 fully saturated rings. The van der Waals surface area contributed by atoms with E-state index in [1.807, 2.05) is 30.5 Å². The van der Waals surface area contributed by atoms with Crippen LogP contribution in [0.25, 0.3) is 21.8 Å². The first-order valence-electron chi connectivity index (χ1n) is 9.57. The van der Waals surface area contributed by atoms with Gasteiger partial charge in [-0.1, -0.05) is 66.2 Å². The molecule has 0 saturated heterocycles. The Morgan fingerprint density at radius 3 is 2.00 bits per heavy atom. The summed E-state index contributed by atoms with van der Waals surface area (Å²) in [5.74, 6) is -0.319. The Labute approximate surface area is 179 Å². The van der Waals surface area contributed by atoms with Gasteiger partial charge in [0.1, 0.15) is 0 Å². The average Bonchev–Trinajstić information content (AvgIpc) is 2.78. The molecule has 2 aromatic carbocycles. The highest BCUT2D eigenvalue weighted by Crippen LogP contribution is 2.24. The van der Waals surface area contributed by atoms with Gasteiger partial charge in [0.25, 0.3) is 0 Å². The molecule has 0 aliphatic rings. The Kier molecular flexibility index (Phi) is 6.94. The van der Waals surface area contributed by atoms with E-state index in [1.54, 1.807) is 12.3 Å². The van der Waals surface area contributed by atoms with Crippen molar-refractivity contribution in [3.63, 3.8) is 0 Å². The summed E-state index contributed by atoms with van der Waals surface area (Å²) in [4.78, 5) is 20.3. The Hall–Kier alpha value is -2.79. The van der Waals surface area contributed by atoms with Gasteiger partial charge in [0.05, 0.1) is 23.7 Å². The Morgan fingerprint density at radius 1 is 0.862 bits per heavy atom. The number of aromatic nitrogens is 2. The summed E-state index contributed by atoms with van der Waals surface area (Å²) in [6.45, 7) is 4.22. The molecular formula is C24H23BrN2O2. The van der Waals surface area contributed by atoms with Crippen molar-refractivity contribution < 1.29 is 9.53 Å². The minimum Gasteiger partial charge on any atom is -0.465 e. The standard InChI is InChI=1S/C13H13NO2.C11H10BrN/c1-3-9-5-4-6-10-11(13(15)16-2)7-8-14-12(9)10;1-2-8-4-3-5-9-10(12)6-7-13-11(8)9/h4-8H,3H2,1-2H3;3-7H,2H2,1H3. The lowest BCUT2D eigenvalue weighted by atomic mass is 10.0. The number of hydrogen-bond donors (Lipinski definition) is 0. The highest BCUT2D eigenvalue weighted by atomic mass is 79.9. The van der Waals surface area contributed by atoms with Crippen molar-refractivity contribution in [3.8, 4) is 0 Å². The number of halogens is 1. The van der Waals surface area contributed by atoms with Gasteiger partial charge in [0.15, 0.2) is 0 Å². The molecule has 2 aromatic heterocycles. The van der Waals surface area contributed by atoms with E-state index in [2.05, 4.69) is 57.9 Å². The molecule has 0 radical (unpaired) electrons. The topological polar surface area (TPSA) is 52.1 Å². The SMILES string of the molecule is CCc1cccc2c(Br)ccnc12.CCc1cccc2c(C(=O)OC)ccnc12. The van der Waals surface area contributed by atoms with E-state index in [9.17, 15) is 4.79 Å². The average molecular weight is 451 g/mol. The molecule has 2 heterocycles. The van der Waals surface area contributed by atoms with E-state index in [0.717, 1.165) is 39.3 Å². The second-order valence-electron chi connectivity index (χ2n) is 6.48. The zero-order chi connectivity index (χ0) is 20.8. The molecule has 0 aliphatic carbocycles. The fourth-order valence-corrected chi connectivity index (χ4v) is 3.74. The first-order chi connectivity index (χ1) is 14.1. The maximum Gasteiger partial charge on any atom is 0.338 e. The van der Waals surface area contributed by atoms with Gasteiger partial charge >= 0.3 is 5.97 Å². The number of rotatable bonds is 3. The zero-order valence-electron chi connectivity index (χ0n) is 16.8. The summed E-state index contributed by atoms with van der Waals surface area (Å²) in [5.41, 5.74) is 5.01. The Bertz CT molecular complexity index is 1160. The first-order valence-corrected chi connectivity index (χ1v) is 10.4. The number of hydrogen-bond acceptors (Lipinski definition) is 4. The summed E-state index contributed by atoms with van der Waals surface area (Å²) < 4.78 is 5.87. The van der Waals surface area contributed by atoms with Crippen LogP contribution in [0.3, 0.4) is 0 Å². The molecule has 0 unspecified atom stereocenters. The Balaban J connectivity index is 0.000000169. The number of nitrogens with zero attached hydrogens (tertiary/aromatic N) is 2. The third kappa shape index (κ3) is 4.46. The van der Waals surface area contributed by atoms with Gasteiger partial charge in [-0.2, -0.15) is 0 Å². The molecule has 0 saturated carbocycles. The van der Waals surface area contributed by atoms with Crippen molar-refractivity contribution in [2.75, 3.05) is 7.11 Å². The molecule has 0 amide bonds. The van der Waals surface area contributed by atoms with Crippen LogP contribution in [0, 0.1) is 0 Å². The van der Waals surface area contributed by atoms with Crippen LogP contribution in [0.2, 0.25) is 0 Å². The lowest BCUT2D eigenvalue weighted by Crippen LogP contribution is -2.03. The van der Waals surface area contributed by atoms with Gasteiger partial charge in [-0.05, 0) is 36.1 Å². The van der Waals surface area contributed by atoms with Crippen molar-refractivity contribution in [2.45, 2.75) is 26.7 Å². The molecule has 0 atom stereocenters. The van der Waals surface area contributed by atoms with Crippen molar-refractivity contribution in [3.05, 3.63) is 82.1 Å². The minimum absolute atomic E-state index is 0.319. The molecule has 0 bridgehead atoms. The van der Waals surface area contributed by atoms with Gasteiger partial charge in [0.2, 0.25) is 0 Å². The Morgan fingerprint density at radius 2 is 1.41 bits per heavy atom. The normalized spacial score (nSPS) is 10.5. The van der Waals surface area contributed by atoms with Crippen LogP contribution in [-0.4, -0.2) is 23.0 Å². The maximum absolute atomic E-state index is 11.6. The largest absolute Gasteiger partial charge is 0.465 e. The van der Waals surface area contributed by atoms with Gasteiger partial charge in [0, 0.05) is 27.6 Å². The van der Waals surface area contributed by atoms with Crippen LogP contribution in [0.15, 0.2) is 65.4 Å². The van der Waals surface area contributed by atoms with E-state index in [4.69, 9.17) is 4.74 Å². The van der Waals surface area contributed by atoms with Gasteiger partial charge in [-0.15, -0.1) is 0 Å². The van der Waals surface area contributed by atoms with Gasteiger partial charge < -0.3 is 4.74 Å². The molecule has 0 aliphatic heterocycles. The van der Waals surface area contributed by atoms with Crippen LogP contribution in [-0.2, 0) is 17.6 Å². The maximum atomic E-state index is 11.6. The summed E-state index contributed by atoms with van der Waals surface area (Å²) >= 11 is 3.52. The van der Waals surface area contributed by atoms with Gasteiger partial charge in [-0.3, -0.25) is 9.97 Å². The molecule has 4 rings (SSSR count). The number of fused-ring (bicyclic) bond motifs is 2. The van der Waals surface area contributed by atoms with E-state index in [-0.39, 0.29) is 5.97 Å². The van der Waals surface area contributed by atoms with Crippen molar-refractivity contribution in [1.29, 1.82) is 0 Å². The fraction of sp³-hybridized carbons (Fsp3) is 0.208. The third-order valence-electron chi connectivity index (χ3n) is 4.82. The first kappa shape index (κ1) is 20.9. The lowest BCUT2D eigenvalue weighted by Gasteiger charge is -2.06. The molecule has 29 heavy (non-hydrogen) atoms. The van der Waals surface area contributed by atoms with Gasteiger partial charge in [-0.25, -0.2) is 4.79 Å². The number of ether oxygens (including phenoxy) is 1. The number of pyridine rings is 2. The molecular weight excluding hydrogens is 428 g/mol. The number of para-hydroxylation sites is 2. The van der Waals surface area contributed by atoms with Crippen LogP contribution < -0.4 is 0 Å². The highest BCUT2D eigenvalue weighted by Gasteiger charge is 2.11. The van der Waals surface area contributed by atoms with E-state index >= 15 is 0 Å². The minimum atomic E-state index is -0.319. The molecule has 0 spiro atoms. The number of aryl methyl sites for hydroxylation is 2. The van der Waals surface area contributed by atoms with E-state index < -0.39 is 0 Å². The van der Waals surface area contributed by atoms with E-state index in [0.29, 0.717) is 5.56 Å². The third-order valence-corrected chi connectivity index (χ3v) is 5.51. The number of methoxy groups -OCH3 is 1. The van der Waals surface area contributed by atoms with Crippen LogP contribution >= 0.6 is 15.9 Å². The fourth-order valence-electron chi connectivity index (χ4n) is 3.30.